The molecule has 2 rings (SSSR count). The molecular formula is C11H9BrN2O3. The van der Waals surface area contributed by atoms with Gasteiger partial charge in [-0.3, -0.25) is 14.2 Å². The molecule has 2 aromatic rings. The first-order chi connectivity index (χ1) is 8.11. The average Bonchev–Trinajstić information content (AvgIpc) is 2.78. The van der Waals surface area contributed by atoms with Crippen molar-refractivity contribution in [2.45, 2.75) is 13.5 Å². The standard InChI is InChI=1S/C11H9BrN2O3/c1-7-10(12)11(16)14(6-13-7)4-8-2-3-9(5-15)17-8/h2-3,5-6H,4H2,1H3. The molecule has 88 valence electrons. The quantitative estimate of drug-likeness (QED) is 0.810. The lowest BCUT2D eigenvalue weighted by molar-refractivity contribution is 0.109. The van der Waals surface area contributed by atoms with Crippen LogP contribution in [0.2, 0.25) is 0 Å². The van der Waals surface area contributed by atoms with Crippen LogP contribution in [0.25, 0.3) is 0 Å². The Labute approximate surface area is 105 Å². The van der Waals surface area contributed by atoms with Crippen molar-refractivity contribution in [1.29, 1.82) is 0 Å². The lowest BCUT2D eigenvalue weighted by Gasteiger charge is -2.04. The Balaban J connectivity index is 2.33. The van der Waals surface area contributed by atoms with E-state index in [1.807, 2.05) is 0 Å². The number of hydrogen-bond donors (Lipinski definition) is 0. The van der Waals surface area contributed by atoms with Gasteiger partial charge >= 0.3 is 0 Å². The SMILES string of the molecule is Cc1ncn(Cc2ccc(C=O)o2)c(=O)c1Br. The predicted octanol–water partition coefficient (Wildman–Crippen LogP) is 1.77. The zero-order chi connectivity index (χ0) is 12.4. The molecule has 0 amide bonds. The summed E-state index contributed by atoms with van der Waals surface area (Å²) in [7, 11) is 0. The molecule has 0 aromatic carbocycles. The van der Waals surface area contributed by atoms with E-state index in [-0.39, 0.29) is 17.9 Å². The zero-order valence-electron chi connectivity index (χ0n) is 9.01. The van der Waals surface area contributed by atoms with Crippen molar-refractivity contribution in [2.24, 2.45) is 0 Å². The molecule has 0 saturated heterocycles. The van der Waals surface area contributed by atoms with Gasteiger partial charge in [0.25, 0.3) is 5.56 Å². The molecule has 0 fully saturated rings. The number of aromatic nitrogens is 2. The number of aldehydes is 1. The highest BCUT2D eigenvalue weighted by Crippen LogP contribution is 2.09. The second-order valence-corrected chi connectivity index (χ2v) is 4.29. The molecule has 0 spiro atoms. The lowest BCUT2D eigenvalue weighted by Crippen LogP contribution is -2.22. The summed E-state index contributed by atoms with van der Waals surface area (Å²) in [6, 6.07) is 3.22. The topological polar surface area (TPSA) is 65.1 Å². The number of hydrogen-bond acceptors (Lipinski definition) is 4. The Morgan fingerprint density at radius 1 is 1.53 bits per heavy atom. The van der Waals surface area contributed by atoms with E-state index in [1.54, 1.807) is 19.1 Å². The monoisotopic (exact) mass is 296 g/mol. The van der Waals surface area contributed by atoms with Crippen LogP contribution in [0.1, 0.15) is 22.0 Å². The van der Waals surface area contributed by atoms with Crippen molar-refractivity contribution in [3.63, 3.8) is 0 Å². The van der Waals surface area contributed by atoms with E-state index in [1.165, 1.54) is 10.9 Å². The van der Waals surface area contributed by atoms with Gasteiger partial charge in [0.05, 0.1) is 18.6 Å². The molecule has 0 aliphatic heterocycles. The maximum atomic E-state index is 11.8. The first-order valence-corrected chi connectivity index (χ1v) is 5.66. The van der Waals surface area contributed by atoms with Gasteiger partial charge in [0.1, 0.15) is 10.2 Å². The number of carbonyl (C=O) groups is 1. The molecule has 0 radical (unpaired) electrons. The molecule has 0 atom stereocenters. The molecule has 0 aliphatic rings. The molecule has 2 aromatic heterocycles. The predicted molar refractivity (Wildman–Crippen MR) is 64.1 cm³/mol. The zero-order valence-corrected chi connectivity index (χ0v) is 10.6. The fourth-order valence-electron chi connectivity index (χ4n) is 1.37. The summed E-state index contributed by atoms with van der Waals surface area (Å²) < 4.78 is 7.03. The summed E-state index contributed by atoms with van der Waals surface area (Å²) in [6.07, 6.45) is 2.07. The first-order valence-electron chi connectivity index (χ1n) is 4.87. The Kier molecular flexibility index (Phi) is 3.23. The Bertz CT molecular complexity index is 615. The highest BCUT2D eigenvalue weighted by Gasteiger charge is 2.08. The molecular weight excluding hydrogens is 288 g/mol. The number of furan rings is 1. The summed E-state index contributed by atoms with van der Waals surface area (Å²) in [5.41, 5.74) is 0.459. The van der Waals surface area contributed by atoms with Crippen molar-refractivity contribution in [1.82, 2.24) is 9.55 Å². The Hall–Kier alpha value is -1.69. The van der Waals surface area contributed by atoms with Crippen LogP contribution in [-0.4, -0.2) is 15.8 Å². The van der Waals surface area contributed by atoms with Crippen molar-refractivity contribution in [3.05, 3.63) is 50.5 Å². The minimum absolute atomic E-state index is 0.179. The van der Waals surface area contributed by atoms with Gasteiger partial charge in [-0.15, -0.1) is 0 Å². The molecule has 2 heterocycles. The number of rotatable bonds is 3. The van der Waals surface area contributed by atoms with Crippen LogP contribution in [0.5, 0.6) is 0 Å². The fourth-order valence-corrected chi connectivity index (χ4v) is 1.70. The molecule has 5 nitrogen and oxygen atoms in total. The maximum Gasteiger partial charge on any atom is 0.268 e. The van der Waals surface area contributed by atoms with Gasteiger partial charge in [-0.25, -0.2) is 4.98 Å². The Morgan fingerprint density at radius 3 is 2.94 bits per heavy atom. The van der Waals surface area contributed by atoms with Gasteiger partial charge in [0.15, 0.2) is 12.0 Å². The third-order valence-electron chi connectivity index (χ3n) is 2.28. The van der Waals surface area contributed by atoms with Crippen LogP contribution in [-0.2, 0) is 6.54 Å². The minimum atomic E-state index is -0.179. The van der Waals surface area contributed by atoms with Crippen molar-refractivity contribution < 1.29 is 9.21 Å². The number of halogens is 1. The summed E-state index contributed by atoms with van der Waals surface area (Å²) in [5, 5.41) is 0. The third-order valence-corrected chi connectivity index (χ3v) is 3.19. The summed E-state index contributed by atoms with van der Waals surface area (Å²) in [6.45, 7) is 1.99. The summed E-state index contributed by atoms with van der Waals surface area (Å²) in [4.78, 5) is 26.4. The van der Waals surface area contributed by atoms with Gasteiger partial charge in [-0.05, 0) is 35.0 Å². The van der Waals surface area contributed by atoms with Crippen molar-refractivity contribution in [2.75, 3.05) is 0 Å². The summed E-state index contributed by atoms with van der Waals surface area (Å²) in [5.74, 6) is 0.777. The molecule has 6 heteroatoms. The van der Waals surface area contributed by atoms with Crippen LogP contribution in [0.3, 0.4) is 0 Å². The highest BCUT2D eigenvalue weighted by atomic mass is 79.9. The van der Waals surface area contributed by atoms with E-state index in [0.717, 1.165) is 0 Å². The molecule has 0 bridgehead atoms. The fraction of sp³-hybridized carbons (Fsp3) is 0.182. The van der Waals surface area contributed by atoms with Crippen LogP contribution in [0.4, 0.5) is 0 Å². The first kappa shape index (κ1) is 11.8. The van der Waals surface area contributed by atoms with E-state index < -0.39 is 0 Å². The van der Waals surface area contributed by atoms with Crippen LogP contribution < -0.4 is 5.56 Å². The second-order valence-electron chi connectivity index (χ2n) is 3.50. The normalized spacial score (nSPS) is 10.5. The largest absolute Gasteiger partial charge is 0.456 e. The van der Waals surface area contributed by atoms with Crippen LogP contribution in [0.15, 0.2) is 32.1 Å². The van der Waals surface area contributed by atoms with Gasteiger partial charge < -0.3 is 4.42 Å². The minimum Gasteiger partial charge on any atom is -0.456 e. The molecule has 17 heavy (non-hydrogen) atoms. The molecule has 0 N–H and O–H groups in total. The number of nitrogens with zero attached hydrogens (tertiary/aromatic N) is 2. The van der Waals surface area contributed by atoms with Gasteiger partial charge in [0.2, 0.25) is 0 Å². The maximum absolute atomic E-state index is 11.8. The van der Waals surface area contributed by atoms with E-state index in [4.69, 9.17) is 4.42 Å². The van der Waals surface area contributed by atoms with Crippen molar-refractivity contribution in [3.8, 4) is 0 Å². The van der Waals surface area contributed by atoms with E-state index in [2.05, 4.69) is 20.9 Å². The van der Waals surface area contributed by atoms with Crippen LogP contribution in [0, 0.1) is 6.92 Å². The van der Waals surface area contributed by atoms with Gasteiger partial charge in [-0.1, -0.05) is 0 Å². The highest BCUT2D eigenvalue weighted by molar-refractivity contribution is 9.10. The Morgan fingerprint density at radius 2 is 2.29 bits per heavy atom. The van der Waals surface area contributed by atoms with Crippen LogP contribution >= 0.6 is 15.9 Å². The number of aryl methyl sites for hydroxylation is 1. The van der Waals surface area contributed by atoms with E-state index >= 15 is 0 Å². The van der Waals surface area contributed by atoms with E-state index in [0.29, 0.717) is 22.2 Å². The smallest absolute Gasteiger partial charge is 0.268 e. The molecule has 0 unspecified atom stereocenters. The molecule has 0 saturated carbocycles. The van der Waals surface area contributed by atoms with Gasteiger partial charge in [-0.2, -0.15) is 0 Å². The van der Waals surface area contributed by atoms with E-state index in [9.17, 15) is 9.59 Å². The average molecular weight is 297 g/mol. The summed E-state index contributed by atoms with van der Waals surface area (Å²) >= 11 is 3.18. The third kappa shape index (κ3) is 2.36. The van der Waals surface area contributed by atoms with Gasteiger partial charge in [0, 0.05) is 0 Å². The number of carbonyl (C=O) groups excluding carboxylic acids is 1. The lowest BCUT2D eigenvalue weighted by atomic mass is 10.4. The molecule has 0 aliphatic carbocycles. The van der Waals surface area contributed by atoms with Crippen molar-refractivity contribution >= 4 is 22.2 Å². The second kappa shape index (κ2) is 4.67.